The van der Waals surface area contributed by atoms with Gasteiger partial charge in [0.2, 0.25) is 0 Å². The molecule has 1 heteroatoms. The first-order valence-corrected chi connectivity index (χ1v) is 4.98. The minimum absolute atomic E-state index is 1.14. The lowest BCUT2D eigenvalue weighted by Gasteiger charge is -2.27. The molecule has 74 valence electrons. The highest BCUT2D eigenvalue weighted by atomic mass is 15.1. The van der Waals surface area contributed by atoms with Crippen molar-refractivity contribution in [3.63, 3.8) is 0 Å². The molecule has 0 saturated heterocycles. The zero-order valence-electron chi connectivity index (χ0n) is 9.14. The molecule has 0 amide bonds. The van der Waals surface area contributed by atoms with Crippen molar-refractivity contribution in [2.75, 3.05) is 13.6 Å². The first-order chi connectivity index (χ1) is 6.29. The molecule has 0 unspecified atom stereocenters. The van der Waals surface area contributed by atoms with Crippen LogP contribution in [0.15, 0.2) is 36.6 Å². The van der Waals surface area contributed by atoms with Gasteiger partial charge in [0.05, 0.1) is 0 Å². The minimum Gasteiger partial charge on any atom is -0.374 e. The average molecular weight is 179 g/mol. The highest BCUT2D eigenvalue weighted by molar-refractivity contribution is 5.31. The lowest BCUT2D eigenvalue weighted by Crippen LogP contribution is -2.23. The van der Waals surface area contributed by atoms with Crippen molar-refractivity contribution in [3.8, 4) is 0 Å². The Morgan fingerprint density at radius 3 is 2.23 bits per heavy atom. The van der Waals surface area contributed by atoms with Crippen LogP contribution in [0, 0.1) is 0 Å². The fourth-order valence-corrected chi connectivity index (χ4v) is 1.49. The monoisotopic (exact) mass is 179 g/mol. The second kappa shape index (κ2) is 6.53. The zero-order chi connectivity index (χ0) is 10.3. The van der Waals surface area contributed by atoms with Crippen molar-refractivity contribution in [3.05, 3.63) is 36.6 Å². The van der Waals surface area contributed by atoms with E-state index >= 15 is 0 Å². The molecular weight excluding hydrogens is 158 g/mol. The molecule has 0 aliphatic carbocycles. The summed E-state index contributed by atoms with van der Waals surface area (Å²) < 4.78 is 0. The minimum atomic E-state index is 1.14. The summed E-state index contributed by atoms with van der Waals surface area (Å²) in [4.78, 5) is 2.23. The molecule has 0 N–H and O–H groups in total. The highest BCUT2D eigenvalue weighted by Crippen LogP contribution is 2.21. The van der Waals surface area contributed by atoms with Gasteiger partial charge in [-0.3, -0.25) is 0 Å². The Bertz CT molecular complexity index is 201. The third-order valence-electron chi connectivity index (χ3n) is 2.12. The van der Waals surface area contributed by atoms with E-state index in [1.807, 2.05) is 26.0 Å². The highest BCUT2D eigenvalue weighted by Gasteiger charge is 2.11. The van der Waals surface area contributed by atoms with Gasteiger partial charge < -0.3 is 4.90 Å². The topological polar surface area (TPSA) is 3.24 Å². The second-order valence-electron chi connectivity index (χ2n) is 2.84. The summed E-state index contributed by atoms with van der Waals surface area (Å²) in [5.41, 5.74) is 2.57. The Kier molecular flexibility index (Phi) is 6.03. The standard InChI is InChI=1S/C10H15N.C2H6/c1-4-9-7-6-8-11(3)10(9)5-2;1-2/h4-5H,1-2,6-8H2,3H3;1-2H3. The summed E-state index contributed by atoms with van der Waals surface area (Å²) in [6.45, 7) is 12.7. The van der Waals surface area contributed by atoms with Crippen LogP contribution in [-0.4, -0.2) is 18.5 Å². The van der Waals surface area contributed by atoms with Crippen molar-refractivity contribution < 1.29 is 0 Å². The molecule has 0 saturated carbocycles. The summed E-state index contributed by atoms with van der Waals surface area (Å²) in [6.07, 6.45) is 6.23. The van der Waals surface area contributed by atoms with Gasteiger partial charge in [-0.1, -0.05) is 33.1 Å². The number of allylic oxidation sites excluding steroid dienone is 3. The Labute approximate surface area is 82.4 Å². The van der Waals surface area contributed by atoms with Crippen molar-refractivity contribution in [2.45, 2.75) is 26.7 Å². The molecule has 1 aliphatic rings. The molecule has 0 aromatic heterocycles. The number of hydrogen-bond donors (Lipinski definition) is 0. The van der Waals surface area contributed by atoms with Crippen molar-refractivity contribution in [1.82, 2.24) is 4.90 Å². The van der Waals surface area contributed by atoms with Gasteiger partial charge in [0.25, 0.3) is 0 Å². The van der Waals surface area contributed by atoms with E-state index < -0.39 is 0 Å². The fraction of sp³-hybridized carbons (Fsp3) is 0.500. The molecule has 0 aromatic rings. The molecule has 13 heavy (non-hydrogen) atoms. The van der Waals surface area contributed by atoms with Gasteiger partial charge in [-0.15, -0.1) is 0 Å². The predicted octanol–water partition coefficient (Wildman–Crippen LogP) is 3.36. The normalized spacial score (nSPS) is 16.1. The van der Waals surface area contributed by atoms with Crippen LogP contribution < -0.4 is 0 Å². The summed E-state index contributed by atoms with van der Waals surface area (Å²) in [6, 6.07) is 0. The molecule has 0 aromatic carbocycles. The third-order valence-corrected chi connectivity index (χ3v) is 2.12. The van der Waals surface area contributed by atoms with Gasteiger partial charge in [-0.25, -0.2) is 0 Å². The van der Waals surface area contributed by atoms with E-state index in [2.05, 4.69) is 25.1 Å². The molecule has 1 aliphatic heterocycles. The Hall–Kier alpha value is -0.980. The van der Waals surface area contributed by atoms with Crippen LogP contribution >= 0.6 is 0 Å². The number of nitrogens with zero attached hydrogens (tertiary/aromatic N) is 1. The molecule has 0 spiro atoms. The lowest BCUT2D eigenvalue weighted by atomic mass is 10.0. The first kappa shape index (κ1) is 12.0. The maximum atomic E-state index is 3.79. The maximum absolute atomic E-state index is 3.79. The molecular formula is C12H21N. The van der Waals surface area contributed by atoms with Crippen LogP contribution in [0.1, 0.15) is 26.7 Å². The van der Waals surface area contributed by atoms with Crippen molar-refractivity contribution in [2.24, 2.45) is 0 Å². The quantitative estimate of drug-likeness (QED) is 0.628. The number of hydrogen-bond acceptors (Lipinski definition) is 1. The molecule has 1 rings (SSSR count). The third kappa shape index (κ3) is 3.10. The van der Waals surface area contributed by atoms with E-state index in [1.54, 1.807) is 0 Å². The van der Waals surface area contributed by atoms with Gasteiger partial charge >= 0.3 is 0 Å². The Morgan fingerprint density at radius 2 is 1.85 bits per heavy atom. The SMILES string of the molecule is C=CC1=C(C=C)N(C)CCC1.CC. The van der Waals surface area contributed by atoms with Gasteiger partial charge in [0.15, 0.2) is 0 Å². The molecule has 1 nitrogen and oxygen atoms in total. The summed E-state index contributed by atoms with van der Waals surface area (Å²) in [7, 11) is 2.10. The van der Waals surface area contributed by atoms with Gasteiger partial charge in [-0.05, 0) is 24.5 Å². The van der Waals surface area contributed by atoms with Crippen LogP contribution in [0.5, 0.6) is 0 Å². The van der Waals surface area contributed by atoms with E-state index in [9.17, 15) is 0 Å². The van der Waals surface area contributed by atoms with Crippen LogP contribution in [0.4, 0.5) is 0 Å². The number of likely N-dealkylation sites (N-methyl/N-ethyl adjacent to an activating group) is 1. The van der Waals surface area contributed by atoms with E-state index in [0.717, 1.165) is 13.0 Å². The van der Waals surface area contributed by atoms with Crippen LogP contribution in [-0.2, 0) is 0 Å². The van der Waals surface area contributed by atoms with Crippen molar-refractivity contribution in [1.29, 1.82) is 0 Å². The average Bonchev–Trinajstić information content (AvgIpc) is 2.20. The van der Waals surface area contributed by atoms with E-state index in [0.29, 0.717) is 0 Å². The molecule has 0 bridgehead atoms. The first-order valence-electron chi connectivity index (χ1n) is 4.98. The Morgan fingerprint density at radius 1 is 1.23 bits per heavy atom. The molecule has 1 heterocycles. The van der Waals surface area contributed by atoms with E-state index in [4.69, 9.17) is 0 Å². The van der Waals surface area contributed by atoms with Crippen molar-refractivity contribution >= 4 is 0 Å². The zero-order valence-corrected chi connectivity index (χ0v) is 9.14. The van der Waals surface area contributed by atoms with E-state index in [-0.39, 0.29) is 0 Å². The van der Waals surface area contributed by atoms with Crippen LogP contribution in [0.25, 0.3) is 0 Å². The molecule has 0 atom stereocenters. The van der Waals surface area contributed by atoms with Gasteiger partial charge in [0, 0.05) is 19.3 Å². The largest absolute Gasteiger partial charge is 0.374 e. The number of rotatable bonds is 2. The molecule has 0 radical (unpaired) electrons. The van der Waals surface area contributed by atoms with E-state index in [1.165, 1.54) is 17.7 Å². The Balaban J connectivity index is 0.000000671. The second-order valence-corrected chi connectivity index (χ2v) is 2.84. The summed E-state index contributed by atoms with van der Waals surface area (Å²) >= 11 is 0. The van der Waals surface area contributed by atoms with Gasteiger partial charge in [-0.2, -0.15) is 0 Å². The molecule has 0 fully saturated rings. The van der Waals surface area contributed by atoms with Crippen LogP contribution in [0.3, 0.4) is 0 Å². The lowest BCUT2D eigenvalue weighted by molar-refractivity contribution is 0.394. The predicted molar refractivity (Wildman–Crippen MR) is 60.6 cm³/mol. The maximum Gasteiger partial charge on any atom is 0.0390 e. The fourth-order valence-electron chi connectivity index (χ4n) is 1.49. The van der Waals surface area contributed by atoms with Crippen LogP contribution in [0.2, 0.25) is 0 Å². The summed E-state index contributed by atoms with van der Waals surface area (Å²) in [5.74, 6) is 0. The summed E-state index contributed by atoms with van der Waals surface area (Å²) in [5, 5.41) is 0. The smallest absolute Gasteiger partial charge is 0.0390 e. The van der Waals surface area contributed by atoms with Gasteiger partial charge in [0.1, 0.15) is 0 Å².